The summed E-state index contributed by atoms with van der Waals surface area (Å²) in [6.07, 6.45) is 1.98. The van der Waals surface area contributed by atoms with Crippen LogP contribution in [-0.4, -0.2) is 46.1 Å². The molecule has 0 atom stereocenters. The van der Waals surface area contributed by atoms with Crippen LogP contribution in [-0.2, 0) is 10.5 Å². The summed E-state index contributed by atoms with van der Waals surface area (Å²) in [4.78, 5) is 14.3. The molecule has 0 saturated carbocycles. The lowest BCUT2D eigenvalue weighted by Gasteiger charge is -2.26. The van der Waals surface area contributed by atoms with Crippen molar-refractivity contribution in [2.24, 2.45) is 11.8 Å². The van der Waals surface area contributed by atoms with Crippen molar-refractivity contribution >= 4 is 29.4 Å². The molecule has 21 heavy (non-hydrogen) atoms. The smallest absolute Gasteiger partial charge is 0.277 e. The van der Waals surface area contributed by atoms with E-state index in [4.69, 9.17) is 4.42 Å². The van der Waals surface area contributed by atoms with Gasteiger partial charge < -0.3 is 9.32 Å². The standard InChI is InChI=1S/C14H25N3O2S2/c1-10(2)6-17(7-11(3)4)13(18)9-21-14-16-15-12(19-14)8-20-5/h10-11H,6-9H2,1-5H3. The number of thioether (sulfide) groups is 2. The molecule has 0 aromatic carbocycles. The maximum Gasteiger partial charge on any atom is 0.277 e. The second kappa shape index (κ2) is 9.35. The summed E-state index contributed by atoms with van der Waals surface area (Å²) in [5.74, 6) is 2.73. The number of carbonyl (C=O) groups excluding carboxylic acids is 1. The van der Waals surface area contributed by atoms with E-state index in [1.54, 1.807) is 11.8 Å². The maximum atomic E-state index is 12.3. The van der Waals surface area contributed by atoms with Crippen molar-refractivity contribution in [1.82, 2.24) is 15.1 Å². The highest BCUT2D eigenvalue weighted by Gasteiger charge is 2.17. The summed E-state index contributed by atoms with van der Waals surface area (Å²) in [5, 5.41) is 8.37. The van der Waals surface area contributed by atoms with Gasteiger partial charge in [-0.15, -0.1) is 10.2 Å². The fourth-order valence-electron chi connectivity index (χ4n) is 1.85. The fraction of sp³-hybridized carbons (Fsp3) is 0.786. The van der Waals surface area contributed by atoms with Crippen LogP contribution in [0.4, 0.5) is 0 Å². The third kappa shape index (κ3) is 7.22. The lowest BCUT2D eigenvalue weighted by Crippen LogP contribution is -2.38. The Morgan fingerprint density at radius 3 is 2.33 bits per heavy atom. The van der Waals surface area contributed by atoms with Gasteiger partial charge in [0.1, 0.15) is 0 Å². The molecule has 0 aliphatic heterocycles. The third-order valence-electron chi connectivity index (χ3n) is 2.56. The summed E-state index contributed by atoms with van der Waals surface area (Å²) in [5.41, 5.74) is 0. The van der Waals surface area contributed by atoms with E-state index in [0.717, 1.165) is 13.1 Å². The Bertz CT molecular complexity index is 426. The molecule has 0 saturated heterocycles. The Balaban J connectivity index is 2.51. The molecule has 0 bridgehead atoms. The molecular formula is C14H25N3O2S2. The Kier molecular flexibility index (Phi) is 8.18. The fourth-order valence-corrected chi connectivity index (χ4v) is 2.90. The number of amides is 1. The summed E-state index contributed by atoms with van der Waals surface area (Å²) in [7, 11) is 0. The van der Waals surface area contributed by atoms with E-state index in [-0.39, 0.29) is 5.91 Å². The van der Waals surface area contributed by atoms with E-state index in [0.29, 0.717) is 34.5 Å². The monoisotopic (exact) mass is 331 g/mol. The van der Waals surface area contributed by atoms with Gasteiger partial charge in [-0.2, -0.15) is 11.8 Å². The van der Waals surface area contributed by atoms with Crippen LogP contribution in [0.3, 0.4) is 0 Å². The highest BCUT2D eigenvalue weighted by Crippen LogP contribution is 2.19. The van der Waals surface area contributed by atoms with Crippen LogP contribution in [0.25, 0.3) is 0 Å². The molecule has 1 aromatic rings. The van der Waals surface area contributed by atoms with Crippen molar-refractivity contribution in [3.05, 3.63) is 5.89 Å². The zero-order valence-corrected chi connectivity index (χ0v) is 15.1. The minimum absolute atomic E-state index is 0.131. The topological polar surface area (TPSA) is 59.2 Å². The molecule has 1 heterocycles. The van der Waals surface area contributed by atoms with E-state index < -0.39 is 0 Å². The van der Waals surface area contributed by atoms with Crippen LogP contribution in [0.1, 0.15) is 33.6 Å². The van der Waals surface area contributed by atoms with Crippen molar-refractivity contribution in [3.8, 4) is 0 Å². The van der Waals surface area contributed by atoms with Gasteiger partial charge in [0.25, 0.3) is 5.22 Å². The van der Waals surface area contributed by atoms with Crippen LogP contribution in [0.5, 0.6) is 0 Å². The van der Waals surface area contributed by atoms with Crippen LogP contribution in [0.15, 0.2) is 9.64 Å². The highest BCUT2D eigenvalue weighted by atomic mass is 32.2. The number of hydrogen-bond donors (Lipinski definition) is 0. The Morgan fingerprint density at radius 1 is 1.19 bits per heavy atom. The summed E-state index contributed by atoms with van der Waals surface area (Å²) < 4.78 is 5.47. The van der Waals surface area contributed by atoms with Gasteiger partial charge in [-0.3, -0.25) is 4.79 Å². The normalized spacial score (nSPS) is 11.4. The highest BCUT2D eigenvalue weighted by molar-refractivity contribution is 7.99. The molecule has 0 N–H and O–H groups in total. The quantitative estimate of drug-likeness (QED) is 0.648. The Hall–Kier alpha value is -0.690. The predicted molar refractivity (Wildman–Crippen MR) is 88.5 cm³/mol. The number of nitrogens with zero attached hydrogens (tertiary/aromatic N) is 3. The van der Waals surface area contributed by atoms with Crippen molar-refractivity contribution in [2.75, 3.05) is 25.1 Å². The molecule has 120 valence electrons. The molecule has 7 heteroatoms. The van der Waals surface area contributed by atoms with Crippen LogP contribution in [0, 0.1) is 11.8 Å². The average molecular weight is 332 g/mol. The first-order valence-corrected chi connectivity index (χ1v) is 9.52. The molecule has 0 spiro atoms. The van der Waals surface area contributed by atoms with Gasteiger partial charge in [-0.1, -0.05) is 39.5 Å². The van der Waals surface area contributed by atoms with Gasteiger partial charge in [-0.25, -0.2) is 0 Å². The van der Waals surface area contributed by atoms with Crippen LogP contribution in [0.2, 0.25) is 0 Å². The van der Waals surface area contributed by atoms with Crippen LogP contribution >= 0.6 is 23.5 Å². The van der Waals surface area contributed by atoms with Gasteiger partial charge in [0, 0.05) is 13.1 Å². The first-order chi connectivity index (χ1) is 9.92. The molecule has 0 unspecified atom stereocenters. The van der Waals surface area contributed by atoms with E-state index in [1.165, 1.54) is 11.8 Å². The summed E-state index contributed by atoms with van der Waals surface area (Å²) in [6, 6.07) is 0. The van der Waals surface area contributed by atoms with Crippen molar-refractivity contribution < 1.29 is 9.21 Å². The zero-order valence-electron chi connectivity index (χ0n) is 13.5. The molecule has 0 aliphatic rings. The van der Waals surface area contributed by atoms with Gasteiger partial charge in [0.15, 0.2) is 0 Å². The SMILES string of the molecule is CSCc1nnc(SCC(=O)N(CC(C)C)CC(C)C)o1. The lowest BCUT2D eigenvalue weighted by atomic mass is 10.1. The Morgan fingerprint density at radius 2 is 1.81 bits per heavy atom. The van der Waals surface area contributed by atoms with Crippen molar-refractivity contribution in [2.45, 2.75) is 38.7 Å². The predicted octanol–water partition coefficient (Wildman–Crippen LogP) is 3.17. The van der Waals surface area contributed by atoms with E-state index >= 15 is 0 Å². The van der Waals surface area contributed by atoms with Gasteiger partial charge in [0.2, 0.25) is 11.8 Å². The summed E-state index contributed by atoms with van der Waals surface area (Å²) >= 11 is 2.95. The second-order valence-electron chi connectivity index (χ2n) is 5.77. The number of rotatable bonds is 9. The molecule has 1 aromatic heterocycles. The summed E-state index contributed by atoms with van der Waals surface area (Å²) in [6.45, 7) is 10.1. The second-order valence-corrected chi connectivity index (χ2v) is 7.56. The number of carbonyl (C=O) groups is 1. The van der Waals surface area contributed by atoms with Crippen molar-refractivity contribution in [1.29, 1.82) is 0 Å². The van der Waals surface area contributed by atoms with Gasteiger partial charge >= 0.3 is 0 Å². The molecule has 0 radical (unpaired) electrons. The minimum Gasteiger partial charge on any atom is -0.415 e. The molecule has 0 aliphatic carbocycles. The number of hydrogen-bond acceptors (Lipinski definition) is 6. The average Bonchev–Trinajstić information content (AvgIpc) is 2.82. The molecule has 1 amide bonds. The largest absolute Gasteiger partial charge is 0.415 e. The first kappa shape index (κ1) is 18.4. The molecule has 0 fully saturated rings. The maximum absolute atomic E-state index is 12.3. The lowest BCUT2D eigenvalue weighted by molar-refractivity contribution is -0.129. The zero-order chi connectivity index (χ0) is 15.8. The molecular weight excluding hydrogens is 306 g/mol. The Labute approximate surface area is 135 Å². The van der Waals surface area contributed by atoms with Gasteiger partial charge in [0.05, 0.1) is 11.5 Å². The third-order valence-corrected chi connectivity index (χ3v) is 3.90. The van der Waals surface area contributed by atoms with E-state index in [2.05, 4.69) is 37.9 Å². The van der Waals surface area contributed by atoms with E-state index in [9.17, 15) is 4.79 Å². The van der Waals surface area contributed by atoms with E-state index in [1.807, 2.05) is 11.2 Å². The van der Waals surface area contributed by atoms with Crippen LogP contribution < -0.4 is 0 Å². The molecule has 1 rings (SSSR count). The molecule has 5 nitrogen and oxygen atoms in total. The number of aromatic nitrogens is 2. The first-order valence-electron chi connectivity index (χ1n) is 7.14. The van der Waals surface area contributed by atoms with Gasteiger partial charge in [-0.05, 0) is 18.1 Å². The minimum atomic E-state index is 0.131. The van der Waals surface area contributed by atoms with Crippen molar-refractivity contribution in [3.63, 3.8) is 0 Å².